The van der Waals surface area contributed by atoms with Crippen LogP contribution < -0.4 is 14.4 Å². The SMILES string of the molecule is COc1ccc(N(CCCC(=O)N(Cc2ccc(F)cc2)C(Cc2ccccc2)C(=O)NC(C)(C)C)S(C)(=O)=O)cc1. The Bertz CT molecular complexity index is 1420. The molecule has 0 aromatic heterocycles. The molecule has 0 bridgehead atoms. The molecule has 0 saturated heterocycles. The highest BCUT2D eigenvalue weighted by atomic mass is 32.2. The first-order valence-electron chi connectivity index (χ1n) is 13.8. The zero-order valence-corrected chi connectivity index (χ0v) is 25.7. The van der Waals surface area contributed by atoms with E-state index in [-0.39, 0.29) is 44.2 Å². The zero-order chi connectivity index (χ0) is 30.9. The first-order chi connectivity index (χ1) is 19.8. The van der Waals surface area contributed by atoms with Crippen LogP contribution in [-0.2, 0) is 32.6 Å². The summed E-state index contributed by atoms with van der Waals surface area (Å²) in [6.45, 7) is 5.77. The number of hydrogen-bond acceptors (Lipinski definition) is 5. The van der Waals surface area contributed by atoms with Crippen molar-refractivity contribution in [2.75, 3.05) is 24.2 Å². The molecule has 0 aliphatic heterocycles. The fraction of sp³-hybridized carbons (Fsp3) is 0.375. The second-order valence-electron chi connectivity index (χ2n) is 11.2. The third kappa shape index (κ3) is 9.87. The number of sulfonamides is 1. The Morgan fingerprint density at radius 2 is 1.55 bits per heavy atom. The van der Waals surface area contributed by atoms with Gasteiger partial charge in [-0.1, -0.05) is 42.5 Å². The predicted molar refractivity (Wildman–Crippen MR) is 163 cm³/mol. The molecule has 0 fully saturated rings. The highest BCUT2D eigenvalue weighted by Gasteiger charge is 2.32. The van der Waals surface area contributed by atoms with Gasteiger partial charge in [0.25, 0.3) is 0 Å². The molecule has 0 aliphatic rings. The lowest BCUT2D eigenvalue weighted by atomic mass is 10.00. The Kier molecular flexibility index (Phi) is 11.1. The summed E-state index contributed by atoms with van der Waals surface area (Å²) in [7, 11) is -2.10. The number of carbonyl (C=O) groups is 2. The maximum absolute atomic E-state index is 13.9. The number of halogens is 1. The standard InChI is InChI=1S/C32H40FN3O5S/c1-32(2,3)34-31(38)29(22-24-10-7-6-8-11-24)35(23-25-13-15-26(33)16-14-25)30(37)12-9-21-36(42(5,39)40)27-17-19-28(41-4)20-18-27/h6-8,10-11,13-20,29H,9,12,21-23H2,1-5H3,(H,34,38). The summed E-state index contributed by atoms with van der Waals surface area (Å²) in [6.07, 6.45) is 1.61. The molecular weight excluding hydrogens is 557 g/mol. The maximum atomic E-state index is 13.9. The highest BCUT2D eigenvalue weighted by molar-refractivity contribution is 7.92. The van der Waals surface area contributed by atoms with Gasteiger partial charge in [0.1, 0.15) is 17.6 Å². The summed E-state index contributed by atoms with van der Waals surface area (Å²) in [4.78, 5) is 29.0. The number of nitrogens with zero attached hydrogens (tertiary/aromatic N) is 2. The lowest BCUT2D eigenvalue weighted by Gasteiger charge is -2.34. The fourth-order valence-corrected chi connectivity index (χ4v) is 5.51. The number of amides is 2. The second-order valence-corrected chi connectivity index (χ2v) is 13.1. The van der Waals surface area contributed by atoms with Gasteiger partial charge in [0.05, 0.1) is 19.1 Å². The first-order valence-corrected chi connectivity index (χ1v) is 15.6. The molecule has 0 heterocycles. The lowest BCUT2D eigenvalue weighted by molar-refractivity contribution is -0.142. The van der Waals surface area contributed by atoms with Crippen molar-refractivity contribution in [3.05, 3.63) is 95.8 Å². The Morgan fingerprint density at radius 3 is 2.10 bits per heavy atom. The number of benzene rings is 3. The minimum atomic E-state index is -3.63. The molecular formula is C32H40FN3O5S. The van der Waals surface area contributed by atoms with Crippen LogP contribution in [0.5, 0.6) is 5.75 Å². The van der Waals surface area contributed by atoms with Crippen molar-refractivity contribution in [2.24, 2.45) is 0 Å². The molecule has 10 heteroatoms. The Hall–Kier alpha value is -3.92. The van der Waals surface area contributed by atoms with E-state index in [0.29, 0.717) is 17.0 Å². The van der Waals surface area contributed by atoms with Crippen molar-refractivity contribution in [1.29, 1.82) is 0 Å². The molecule has 42 heavy (non-hydrogen) atoms. The van der Waals surface area contributed by atoms with Crippen LogP contribution in [0.1, 0.15) is 44.7 Å². The highest BCUT2D eigenvalue weighted by Crippen LogP contribution is 2.23. The van der Waals surface area contributed by atoms with Crippen LogP contribution in [0.4, 0.5) is 10.1 Å². The van der Waals surface area contributed by atoms with Gasteiger partial charge in [0.2, 0.25) is 21.8 Å². The van der Waals surface area contributed by atoms with Gasteiger partial charge in [-0.3, -0.25) is 13.9 Å². The van der Waals surface area contributed by atoms with Crippen molar-refractivity contribution >= 4 is 27.5 Å². The summed E-state index contributed by atoms with van der Waals surface area (Å²) in [6, 6.07) is 21.0. The summed E-state index contributed by atoms with van der Waals surface area (Å²) < 4.78 is 45.3. The van der Waals surface area contributed by atoms with E-state index in [4.69, 9.17) is 4.74 Å². The number of rotatable bonds is 13. The maximum Gasteiger partial charge on any atom is 0.243 e. The number of anilines is 1. The minimum absolute atomic E-state index is 0.00252. The smallest absolute Gasteiger partial charge is 0.243 e. The van der Waals surface area contributed by atoms with Gasteiger partial charge in [-0.05, 0) is 74.7 Å². The normalized spacial score (nSPS) is 12.3. The summed E-state index contributed by atoms with van der Waals surface area (Å²) in [5.74, 6) is -0.426. The van der Waals surface area contributed by atoms with Gasteiger partial charge >= 0.3 is 0 Å². The Morgan fingerprint density at radius 1 is 0.929 bits per heavy atom. The Labute approximate surface area is 248 Å². The third-order valence-electron chi connectivity index (χ3n) is 6.55. The van der Waals surface area contributed by atoms with Crippen molar-refractivity contribution in [1.82, 2.24) is 10.2 Å². The average molecular weight is 598 g/mol. The monoisotopic (exact) mass is 597 g/mol. The van der Waals surface area contributed by atoms with Crippen LogP contribution in [0.3, 0.4) is 0 Å². The summed E-state index contributed by atoms with van der Waals surface area (Å²) in [5, 5.41) is 3.00. The second kappa shape index (κ2) is 14.3. The van der Waals surface area contributed by atoms with E-state index in [1.54, 1.807) is 36.4 Å². The predicted octanol–water partition coefficient (Wildman–Crippen LogP) is 4.94. The molecule has 3 aromatic carbocycles. The molecule has 0 aliphatic carbocycles. The van der Waals surface area contributed by atoms with Crippen molar-refractivity contribution in [2.45, 2.75) is 58.2 Å². The number of carbonyl (C=O) groups excluding carboxylic acids is 2. The van der Waals surface area contributed by atoms with Gasteiger partial charge in [0.15, 0.2) is 0 Å². The van der Waals surface area contributed by atoms with Gasteiger partial charge in [-0.2, -0.15) is 0 Å². The molecule has 2 amide bonds. The molecule has 1 unspecified atom stereocenters. The Balaban J connectivity index is 1.88. The quantitative estimate of drug-likeness (QED) is 0.301. The lowest BCUT2D eigenvalue weighted by Crippen LogP contribution is -2.54. The molecule has 0 spiro atoms. The molecule has 226 valence electrons. The summed E-state index contributed by atoms with van der Waals surface area (Å²) in [5.41, 5.74) is 1.47. The number of ether oxygens (including phenoxy) is 1. The molecule has 3 rings (SSSR count). The molecule has 1 atom stereocenters. The molecule has 8 nitrogen and oxygen atoms in total. The van der Waals surface area contributed by atoms with Crippen LogP contribution in [0.2, 0.25) is 0 Å². The van der Waals surface area contributed by atoms with Gasteiger partial charge < -0.3 is 15.0 Å². The van der Waals surface area contributed by atoms with Crippen LogP contribution >= 0.6 is 0 Å². The number of nitrogens with one attached hydrogen (secondary N) is 1. The van der Waals surface area contributed by atoms with E-state index < -0.39 is 27.4 Å². The molecule has 3 aromatic rings. The van der Waals surface area contributed by atoms with Gasteiger partial charge in [0, 0.05) is 31.5 Å². The van der Waals surface area contributed by atoms with Crippen LogP contribution in [0.25, 0.3) is 0 Å². The van der Waals surface area contributed by atoms with Crippen molar-refractivity contribution in [3.8, 4) is 5.75 Å². The van der Waals surface area contributed by atoms with E-state index in [9.17, 15) is 22.4 Å². The van der Waals surface area contributed by atoms with Crippen molar-refractivity contribution < 1.29 is 27.1 Å². The minimum Gasteiger partial charge on any atom is -0.497 e. The summed E-state index contributed by atoms with van der Waals surface area (Å²) >= 11 is 0. The van der Waals surface area contributed by atoms with E-state index in [1.807, 2.05) is 51.1 Å². The number of methoxy groups -OCH3 is 1. The van der Waals surface area contributed by atoms with Gasteiger partial charge in [-0.25, -0.2) is 12.8 Å². The molecule has 0 saturated carbocycles. The van der Waals surface area contributed by atoms with E-state index in [2.05, 4.69) is 5.32 Å². The van der Waals surface area contributed by atoms with Gasteiger partial charge in [-0.15, -0.1) is 0 Å². The molecule has 1 N–H and O–H groups in total. The largest absolute Gasteiger partial charge is 0.497 e. The van der Waals surface area contributed by atoms with Crippen LogP contribution in [0.15, 0.2) is 78.9 Å². The first kappa shape index (κ1) is 32.6. The number of hydrogen-bond donors (Lipinski definition) is 1. The van der Waals surface area contributed by atoms with E-state index >= 15 is 0 Å². The van der Waals surface area contributed by atoms with Crippen LogP contribution in [0, 0.1) is 5.82 Å². The molecule has 0 radical (unpaired) electrons. The van der Waals surface area contributed by atoms with E-state index in [1.165, 1.54) is 28.4 Å². The van der Waals surface area contributed by atoms with E-state index in [0.717, 1.165) is 11.8 Å². The fourth-order valence-electron chi connectivity index (χ4n) is 4.55. The average Bonchev–Trinajstić information content (AvgIpc) is 2.93. The third-order valence-corrected chi connectivity index (χ3v) is 7.74. The zero-order valence-electron chi connectivity index (χ0n) is 24.8. The van der Waals surface area contributed by atoms with Crippen LogP contribution in [-0.4, -0.2) is 56.6 Å². The topological polar surface area (TPSA) is 96.0 Å². The van der Waals surface area contributed by atoms with Crippen molar-refractivity contribution in [3.63, 3.8) is 0 Å².